The van der Waals surface area contributed by atoms with E-state index in [2.05, 4.69) is 5.32 Å². The van der Waals surface area contributed by atoms with Crippen molar-refractivity contribution in [1.82, 2.24) is 5.32 Å². The third-order valence-corrected chi connectivity index (χ3v) is 2.79. The topological polar surface area (TPSA) is 69.6 Å². The Balaban J connectivity index is 2.85. The van der Waals surface area contributed by atoms with Crippen molar-refractivity contribution < 1.29 is 14.7 Å². The van der Waals surface area contributed by atoms with Gasteiger partial charge >= 0.3 is 5.97 Å². The van der Waals surface area contributed by atoms with Crippen molar-refractivity contribution in [3.63, 3.8) is 0 Å². The highest BCUT2D eigenvalue weighted by Crippen LogP contribution is 2.16. The lowest BCUT2D eigenvalue weighted by molar-refractivity contribution is -0.135. The number of rotatable bonds is 7. The number of carbonyl (C=O) groups is 2. The van der Waals surface area contributed by atoms with Crippen molar-refractivity contribution in [2.45, 2.75) is 26.3 Å². The Bertz CT molecular complexity index is 420. The number of nitrogens with one attached hydrogen (secondary N) is 1. The standard InChI is InChI=1S/C14H20N2O3/c1-3-9-15-14(19)11(2)16(10-13(17)18)12-7-5-4-6-8-12/h4-8,11H,3,9-10H2,1-2H3,(H,15,19)(H,17,18). The number of benzene rings is 1. The number of amides is 1. The van der Waals surface area contributed by atoms with Gasteiger partial charge in [-0.25, -0.2) is 0 Å². The Kier molecular flexibility index (Phi) is 5.85. The van der Waals surface area contributed by atoms with Gasteiger partial charge in [-0.2, -0.15) is 0 Å². The minimum atomic E-state index is -0.959. The van der Waals surface area contributed by atoms with Crippen molar-refractivity contribution >= 4 is 17.6 Å². The van der Waals surface area contributed by atoms with Crippen LogP contribution < -0.4 is 10.2 Å². The van der Waals surface area contributed by atoms with Crippen molar-refractivity contribution in [3.8, 4) is 0 Å². The van der Waals surface area contributed by atoms with E-state index < -0.39 is 12.0 Å². The van der Waals surface area contributed by atoms with E-state index in [4.69, 9.17) is 5.11 Å². The molecular formula is C14H20N2O3. The van der Waals surface area contributed by atoms with E-state index in [1.807, 2.05) is 25.1 Å². The molecule has 0 aromatic heterocycles. The van der Waals surface area contributed by atoms with Gasteiger partial charge in [-0.3, -0.25) is 9.59 Å². The number of carbonyl (C=O) groups excluding carboxylic acids is 1. The predicted octanol–water partition coefficient (Wildman–Crippen LogP) is 1.49. The SMILES string of the molecule is CCCNC(=O)C(C)N(CC(=O)O)c1ccccc1. The normalized spacial score (nSPS) is 11.7. The molecule has 0 saturated heterocycles. The van der Waals surface area contributed by atoms with Crippen molar-refractivity contribution in [2.75, 3.05) is 18.0 Å². The maximum Gasteiger partial charge on any atom is 0.323 e. The van der Waals surface area contributed by atoms with E-state index in [1.165, 1.54) is 0 Å². The summed E-state index contributed by atoms with van der Waals surface area (Å²) in [5.41, 5.74) is 0.726. The molecule has 0 aliphatic rings. The minimum Gasteiger partial charge on any atom is -0.480 e. The second-order valence-corrected chi connectivity index (χ2v) is 4.32. The molecule has 0 fully saturated rings. The van der Waals surface area contributed by atoms with Crippen LogP contribution in [0.2, 0.25) is 0 Å². The molecule has 1 amide bonds. The summed E-state index contributed by atoms with van der Waals surface area (Å²) < 4.78 is 0. The molecule has 1 atom stereocenters. The lowest BCUT2D eigenvalue weighted by atomic mass is 10.2. The number of hydrogen-bond donors (Lipinski definition) is 2. The third kappa shape index (κ3) is 4.62. The molecule has 5 nitrogen and oxygen atoms in total. The number of aliphatic carboxylic acids is 1. The van der Waals surface area contributed by atoms with E-state index in [0.29, 0.717) is 6.54 Å². The van der Waals surface area contributed by atoms with Crippen LogP contribution in [0.15, 0.2) is 30.3 Å². The van der Waals surface area contributed by atoms with E-state index in [1.54, 1.807) is 24.0 Å². The van der Waals surface area contributed by atoms with Gasteiger partial charge in [0.15, 0.2) is 0 Å². The fourth-order valence-corrected chi connectivity index (χ4v) is 1.75. The van der Waals surface area contributed by atoms with E-state index in [-0.39, 0.29) is 12.5 Å². The highest BCUT2D eigenvalue weighted by Gasteiger charge is 2.23. The van der Waals surface area contributed by atoms with E-state index in [0.717, 1.165) is 12.1 Å². The number of carboxylic acids is 1. The second kappa shape index (κ2) is 7.41. The molecular weight excluding hydrogens is 244 g/mol. The summed E-state index contributed by atoms with van der Waals surface area (Å²) in [4.78, 5) is 24.5. The van der Waals surface area contributed by atoms with Gasteiger partial charge < -0.3 is 15.3 Å². The fraction of sp³-hybridized carbons (Fsp3) is 0.429. The second-order valence-electron chi connectivity index (χ2n) is 4.32. The number of para-hydroxylation sites is 1. The van der Waals surface area contributed by atoms with Crippen molar-refractivity contribution in [3.05, 3.63) is 30.3 Å². The van der Waals surface area contributed by atoms with Crippen LogP contribution in [0.5, 0.6) is 0 Å². The molecule has 0 aliphatic carbocycles. The Morgan fingerprint density at radius 2 is 1.95 bits per heavy atom. The molecule has 1 aromatic rings. The molecule has 0 spiro atoms. The van der Waals surface area contributed by atoms with Crippen LogP contribution in [0, 0.1) is 0 Å². The zero-order chi connectivity index (χ0) is 14.3. The fourth-order valence-electron chi connectivity index (χ4n) is 1.75. The molecule has 0 radical (unpaired) electrons. The molecule has 1 aromatic carbocycles. The summed E-state index contributed by atoms with van der Waals surface area (Å²) in [5, 5.41) is 11.8. The molecule has 19 heavy (non-hydrogen) atoms. The zero-order valence-electron chi connectivity index (χ0n) is 11.3. The first kappa shape index (κ1) is 15.0. The lowest BCUT2D eigenvalue weighted by Gasteiger charge is -2.28. The number of nitrogens with zero attached hydrogens (tertiary/aromatic N) is 1. The average Bonchev–Trinajstić information content (AvgIpc) is 2.42. The van der Waals surface area contributed by atoms with Crippen LogP contribution in [-0.2, 0) is 9.59 Å². The van der Waals surface area contributed by atoms with Crippen LogP contribution in [0.1, 0.15) is 20.3 Å². The predicted molar refractivity (Wildman–Crippen MR) is 74.2 cm³/mol. The Labute approximate surface area is 113 Å². The van der Waals surface area contributed by atoms with Gasteiger partial charge in [-0.1, -0.05) is 25.1 Å². The van der Waals surface area contributed by atoms with Crippen LogP contribution in [0.25, 0.3) is 0 Å². The molecule has 104 valence electrons. The Morgan fingerprint density at radius 3 is 2.47 bits per heavy atom. The zero-order valence-corrected chi connectivity index (χ0v) is 11.3. The summed E-state index contributed by atoms with van der Waals surface area (Å²) >= 11 is 0. The smallest absolute Gasteiger partial charge is 0.323 e. The van der Waals surface area contributed by atoms with Crippen molar-refractivity contribution in [2.24, 2.45) is 0 Å². The van der Waals surface area contributed by atoms with Gasteiger partial charge in [-0.15, -0.1) is 0 Å². The summed E-state index contributed by atoms with van der Waals surface area (Å²) in [6.07, 6.45) is 0.850. The van der Waals surface area contributed by atoms with Gasteiger partial charge in [-0.05, 0) is 25.5 Å². The molecule has 1 unspecified atom stereocenters. The van der Waals surface area contributed by atoms with Crippen LogP contribution >= 0.6 is 0 Å². The first-order valence-corrected chi connectivity index (χ1v) is 6.37. The number of hydrogen-bond acceptors (Lipinski definition) is 3. The summed E-state index contributed by atoms with van der Waals surface area (Å²) in [7, 11) is 0. The Hall–Kier alpha value is -2.04. The molecule has 5 heteroatoms. The Morgan fingerprint density at radius 1 is 1.32 bits per heavy atom. The van der Waals surface area contributed by atoms with E-state index in [9.17, 15) is 9.59 Å². The van der Waals surface area contributed by atoms with Gasteiger partial charge in [0.05, 0.1) is 0 Å². The maximum absolute atomic E-state index is 12.0. The van der Waals surface area contributed by atoms with Gasteiger partial charge in [0, 0.05) is 12.2 Å². The van der Waals surface area contributed by atoms with E-state index >= 15 is 0 Å². The van der Waals surface area contributed by atoms with Crippen LogP contribution in [0.3, 0.4) is 0 Å². The largest absolute Gasteiger partial charge is 0.480 e. The molecule has 0 saturated carbocycles. The first-order chi connectivity index (χ1) is 9.06. The number of carboxylic acid groups (broad SMARTS) is 1. The highest BCUT2D eigenvalue weighted by atomic mass is 16.4. The molecule has 0 aliphatic heterocycles. The lowest BCUT2D eigenvalue weighted by Crippen LogP contribution is -2.47. The maximum atomic E-state index is 12.0. The number of anilines is 1. The van der Waals surface area contributed by atoms with Gasteiger partial charge in [0.1, 0.15) is 12.6 Å². The quantitative estimate of drug-likeness (QED) is 0.783. The first-order valence-electron chi connectivity index (χ1n) is 6.37. The minimum absolute atomic E-state index is 0.160. The average molecular weight is 264 g/mol. The monoisotopic (exact) mass is 264 g/mol. The summed E-state index contributed by atoms with van der Waals surface area (Å²) in [6, 6.07) is 8.57. The summed E-state index contributed by atoms with van der Waals surface area (Å²) in [5.74, 6) is -1.12. The van der Waals surface area contributed by atoms with Gasteiger partial charge in [0.2, 0.25) is 5.91 Å². The molecule has 2 N–H and O–H groups in total. The van der Waals surface area contributed by atoms with Crippen molar-refractivity contribution in [1.29, 1.82) is 0 Å². The molecule has 0 heterocycles. The van der Waals surface area contributed by atoms with Crippen LogP contribution in [-0.4, -0.2) is 36.1 Å². The van der Waals surface area contributed by atoms with Crippen LogP contribution in [0.4, 0.5) is 5.69 Å². The third-order valence-electron chi connectivity index (χ3n) is 2.79. The molecule has 1 rings (SSSR count). The molecule has 0 bridgehead atoms. The highest BCUT2D eigenvalue weighted by molar-refractivity contribution is 5.87. The van der Waals surface area contributed by atoms with Gasteiger partial charge in [0.25, 0.3) is 0 Å². The summed E-state index contributed by atoms with van der Waals surface area (Å²) in [6.45, 7) is 4.07.